The Bertz CT molecular complexity index is 584. The smallest absolute Gasteiger partial charge is 0.0828 e. The second-order valence-electron chi connectivity index (χ2n) is 7.07. The molecule has 1 saturated heterocycles. The van der Waals surface area contributed by atoms with Crippen molar-refractivity contribution in [3.8, 4) is 0 Å². The fraction of sp³-hybridized carbons (Fsp3) is 0.478. The topological polar surface area (TPSA) is 21.3 Å². The van der Waals surface area contributed by atoms with Crippen molar-refractivity contribution < 1.29 is 4.74 Å². The van der Waals surface area contributed by atoms with E-state index in [-0.39, 0.29) is 0 Å². The van der Waals surface area contributed by atoms with Gasteiger partial charge in [0.15, 0.2) is 0 Å². The number of rotatable bonds is 9. The number of hydrogen-bond donors (Lipinski definition) is 1. The van der Waals surface area contributed by atoms with Gasteiger partial charge in [-0.25, -0.2) is 0 Å². The molecule has 2 heteroatoms. The molecule has 1 fully saturated rings. The average Bonchev–Trinajstić information content (AvgIpc) is 2.69. The summed E-state index contributed by atoms with van der Waals surface area (Å²) in [4.78, 5) is 0. The zero-order valence-corrected chi connectivity index (χ0v) is 15.2. The summed E-state index contributed by atoms with van der Waals surface area (Å²) in [6.07, 6.45) is 9.17. The van der Waals surface area contributed by atoms with Gasteiger partial charge in [-0.05, 0) is 69.2 Å². The molecule has 0 saturated carbocycles. The molecule has 1 aliphatic heterocycles. The second kappa shape index (κ2) is 10.4. The number of ether oxygens (including phenoxy) is 1. The van der Waals surface area contributed by atoms with Crippen LogP contribution in [0.4, 0.5) is 0 Å². The van der Waals surface area contributed by atoms with Crippen LogP contribution < -0.4 is 5.32 Å². The fourth-order valence-electron chi connectivity index (χ4n) is 3.64. The highest BCUT2D eigenvalue weighted by molar-refractivity contribution is 5.18. The van der Waals surface area contributed by atoms with Crippen LogP contribution in [0.3, 0.4) is 0 Å². The van der Waals surface area contributed by atoms with Gasteiger partial charge in [-0.2, -0.15) is 0 Å². The lowest BCUT2D eigenvalue weighted by atomic mass is 9.97. The third-order valence-electron chi connectivity index (χ3n) is 5.08. The predicted octanol–water partition coefficient (Wildman–Crippen LogP) is 5.30. The third kappa shape index (κ3) is 6.30. The molecule has 0 aliphatic carbocycles. The van der Waals surface area contributed by atoms with Crippen molar-refractivity contribution in [2.24, 2.45) is 0 Å². The minimum absolute atomic E-state index is 0.297. The molecule has 0 unspecified atom stereocenters. The molecule has 2 aromatic carbocycles. The lowest BCUT2D eigenvalue weighted by molar-refractivity contribution is -0.0544. The Labute approximate surface area is 152 Å². The van der Waals surface area contributed by atoms with Gasteiger partial charge in [-0.15, -0.1) is 0 Å². The molecule has 0 bridgehead atoms. The Morgan fingerprint density at radius 3 is 2.40 bits per heavy atom. The molecule has 0 radical (unpaired) electrons. The van der Waals surface area contributed by atoms with Crippen molar-refractivity contribution in [3.05, 3.63) is 71.8 Å². The summed E-state index contributed by atoms with van der Waals surface area (Å²) in [6, 6.07) is 21.5. The quantitative estimate of drug-likeness (QED) is 0.627. The number of hydrogen-bond acceptors (Lipinski definition) is 2. The van der Waals surface area contributed by atoms with E-state index in [0.717, 1.165) is 25.9 Å². The molecule has 2 aromatic rings. The highest BCUT2D eigenvalue weighted by Gasteiger charge is 2.22. The van der Waals surface area contributed by atoms with Crippen LogP contribution in [-0.4, -0.2) is 19.2 Å². The molecule has 0 amide bonds. The Morgan fingerprint density at radius 2 is 1.60 bits per heavy atom. The highest BCUT2D eigenvalue weighted by Crippen LogP contribution is 2.31. The largest absolute Gasteiger partial charge is 0.370 e. The van der Waals surface area contributed by atoms with Crippen LogP contribution in [-0.2, 0) is 11.2 Å². The van der Waals surface area contributed by atoms with E-state index in [1.165, 1.54) is 43.2 Å². The molecule has 2 atom stereocenters. The van der Waals surface area contributed by atoms with Gasteiger partial charge in [0, 0.05) is 0 Å². The van der Waals surface area contributed by atoms with Crippen molar-refractivity contribution in [2.45, 2.75) is 57.2 Å². The van der Waals surface area contributed by atoms with Gasteiger partial charge in [0.25, 0.3) is 0 Å². The average molecular weight is 338 g/mol. The van der Waals surface area contributed by atoms with E-state index in [0.29, 0.717) is 12.2 Å². The van der Waals surface area contributed by atoms with Crippen LogP contribution in [0.15, 0.2) is 60.7 Å². The summed E-state index contributed by atoms with van der Waals surface area (Å²) < 4.78 is 6.32. The van der Waals surface area contributed by atoms with E-state index in [1.54, 1.807) is 0 Å². The van der Waals surface area contributed by atoms with Crippen molar-refractivity contribution in [3.63, 3.8) is 0 Å². The van der Waals surface area contributed by atoms with Gasteiger partial charge in [0.2, 0.25) is 0 Å². The van der Waals surface area contributed by atoms with Crippen molar-refractivity contribution in [2.75, 3.05) is 13.1 Å². The summed E-state index contributed by atoms with van der Waals surface area (Å²) in [5.74, 6) is 0. The van der Waals surface area contributed by atoms with Crippen molar-refractivity contribution in [1.82, 2.24) is 5.32 Å². The normalized spacial score (nSPS) is 20.5. The zero-order chi connectivity index (χ0) is 17.2. The molecule has 1 N–H and O–H groups in total. The molecular weight excluding hydrogens is 306 g/mol. The van der Waals surface area contributed by atoms with E-state index >= 15 is 0 Å². The molecular formula is C23H31NO. The minimum atomic E-state index is 0.297. The van der Waals surface area contributed by atoms with Crippen molar-refractivity contribution >= 4 is 0 Å². The summed E-state index contributed by atoms with van der Waals surface area (Å²) >= 11 is 0. The molecule has 134 valence electrons. The van der Waals surface area contributed by atoms with E-state index in [4.69, 9.17) is 4.74 Å². The maximum absolute atomic E-state index is 6.32. The molecule has 2 nitrogen and oxygen atoms in total. The van der Waals surface area contributed by atoms with Gasteiger partial charge in [-0.3, -0.25) is 0 Å². The lowest BCUT2D eigenvalue weighted by Crippen LogP contribution is -2.27. The van der Waals surface area contributed by atoms with Crippen LogP contribution >= 0.6 is 0 Å². The Kier molecular flexibility index (Phi) is 7.54. The first-order chi connectivity index (χ1) is 12.4. The molecule has 0 aromatic heterocycles. The number of nitrogens with one attached hydrogen (secondary N) is 1. The number of aryl methyl sites for hydroxylation is 1. The third-order valence-corrected chi connectivity index (χ3v) is 5.08. The first kappa shape index (κ1) is 18.2. The molecule has 1 aliphatic rings. The van der Waals surface area contributed by atoms with Crippen LogP contribution in [0.5, 0.6) is 0 Å². The predicted molar refractivity (Wildman–Crippen MR) is 105 cm³/mol. The summed E-state index contributed by atoms with van der Waals surface area (Å²) in [6.45, 7) is 2.18. The Hall–Kier alpha value is -1.64. The molecule has 0 spiro atoms. The first-order valence-corrected chi connectivity index (χ1v) is 9.87. The molecule has 25 heavy (non-hydrogen) atoms. The summed E-state index contributed by atoms with van der Waals surface area (Å²) in [5, 5.41) is 3.59. The highest BCUT2D eigenvalue weighted by atomic mass is 16.5. The van der Waals surface area contributed by atoms with Crippen molar-refractivity contribution in [1.29, 1.82) is 0 Å². The van der Waals surface area contributed by atoms with Gasteiger partial charge in [-0.1, -0.05) is 60.7 Å². The number of unbranched alkanes of at least 4 members (excludes halogenated alkanes) is 1. The van der Waals surface area contributed by atoms with E-state index < -0.39 is 0 Å². The monoisotopic (exact) mass is 337 g/mol. The van der Waals surface area contributed by atoms with E-state index in [2.05, 4.69) is 66.0 Å². The standard InChI is InChI=1S/C23H31NO/c1-3-10-20(11-4-1)12-7-8-18-24-19-17-22-15-9-16-23(25-22)21-13-5-2-6-14-21/h1-6,10-11,13-14,22-24H,7-9,12,15-19H2/t22-,23+/m0/s1. The first-order valence-electron chi connectivity index (χ1n) is 9.87. The molecule has 3 rings (SSSR count). The van der Waals surface area contributed by atoms with Crippen LogP contribution in [0, 0.1) is 0 Å². The maximum Gasteiger partial charge on any atom is 0.0828 e. The summed E-state index contributed by atoms with van der Waals surface area (Å²) in [7, 11) is 0. The van der Waals surface area contributed by atoms with Gasteiger partial charge in [0.1, 0.15) is 0 Å². The fourth-order valence-corrected chi connectivity index (χ4v) is 3.64. The SMILES string of the molecule is c1ccc(CCCCNCC[C@@H]2CCC[C@H](c3ccccc3)O2)cc1. The van der Waals surface area contributed by atoms with Crippen LogP contribution in [0.2, 0.25) is 0 Å². The van der Waals surface area contributed by atoms with E-state index in [1.807, 2.05) is 0 Å². The second-order valence-corrected chi connectivity index (χ2v) is 7.07. The van der Waals surface area contributed by atoms with Gasteiger partial charge >= 0.3 is 0 Å². The lowest BCUT2D eigenvalue weighted by Gasteiger charge is -2.30. The Balaban J connectivity index is 1.26. The Morgan fingerprint density at radius 1 is 0.840 bits per heavy atom. The molecule has 1 heterocycles. The van der Waals surface area contributed by atoms with Crippen LogP contribution in [0.1, 0.15) is 55.8 Å². The zero-order valence-electron chi connectivity index (χ0n) is 15.2. The maximum atomic E-state index is 6.32. The minimum Gasteiger partial charge on any atom is -0.370 e. The summed E-state index contributed by atoms with van der Waals surface area (Å²) in [5.41, 5.74) is 2.78. The van der Waals surface area contributed by atoms with Crippen LogP contribution in [0.25, 0.3) is 0 Å². The van der Waals surface area contributed by atoms with Gasteiger partial charge in [0.05, 0.1) is 12.2 Å². The van der Waals surface area contributed by atoms with Gasteiger partial charge < -0.3 is 10.1 Å². The number of benzene rings is 2. The van der Waals surface area contributed by atoms with E-state index in [9.17, 15) is 0 Å².